The number of hydrogen-bond donors (Lipinski definition) is 2. The van der Waals surface area contributed by atoms with Crippen molar-refractivity contribution in [2.45, 2.75) is 58.4 Å². The molecule has 0 spiro atoms. The maximum absolute atomic E-state index is 13.0. The largest absolute Gasteiger partial charge is 0.344 e. The Kier molecular flexibility index (Phi) is 6.85. The number of aryl methyl sites for hydroxylation is 2. The van der Waals surface area contributed by atoms with Gasteiger partial charge in [-0.15, -0.1) is 0 Å². The molecule has 1 aliphatic rings. The van der Waals surface area contributed by atoms with E-state index >= 15 is 0 Å². The number of benzene rings is 2. The Bertz CT molecular complexity index is 790. The molecule has 1 saturated carbocycles. The SMILES string of the molecule is Cc1cc(C)cc(NC(=O)C(Cc2ccccc2)NC(=O)C2CCCCC2)c1. The quantitative estimate of drug-likeness (QED) is 0.775. The van der Waals surface area contributed by atoms with Crippen LogP contribution in [0.2, 0.25) is 0 Å². The van der Waals surface area contributed by atoms with Gasteiger partial charge in [0.2, 0.25) is 11.8 Å². The molecule has 1 fully saturated rings. The normalized spacial score (nSPS) is 15.6. The molecule has 3 rings (SSSR count). The van der Waals surface area contributed by atoms with Crippen molar-refractivity contribution in [2.75, 3.05) is 5.32 Å². The maximum atomic E-state index is 13.0. The van der Waals surface area contributed by atoms with E-state index in [0.717, 1.165) is 48.1 Å². The van der Waals surface area contributed by atoms with Crippen LogP contribution in [0.1, 0.15) is 48.8 Å². The summed E-state index contributed by atoms with van der Waals surface area (Å²) in [7, 11) is 0. The summed E-state index contributed by atoms with van der Waals surface area (Å²) in [5, 5.41) is 6.03. The number of amides is 2. The molecule has 4 nitrogen and oxygen atoms in total. The van der Waals surface area contributed by atoms with Gasteiger partial charge in [0.15, 0.2) is 0 Å². The Morgan fingerprint density at radius 1 is 0.964 bits per heavy atom. The zero-order valence-corrected chi connectivity index (χ0v) is 16.8. The van der Waals surface area contributed by atoms with Crippen LogP contribution in [0.25, 0.3) is 0 Å². The van der Waals surface area contributed by atoms with Gasteiger partial charge in [-0.2, -0.15) is 0 Å². The lowest BCUT2D eigenvalue weighted by Crippen LogP contribution is -2.47. The Balaban J connectivity index is 1.74. The molecule has 0 bridgehead atoms. The number of rotatable bonds is 6. The molecule has 1 unspecified atom stereocenters. The number of carbonyl (C=O) groups excluding carboxylic acids is 2. The van der Waals surface area contributed by atoms with Crippen LogP contribution in [0, 0.1) is 19.8 Å². The van der Waals surface area contributed by atoms with Gasteiger partial charge in [-0.05, 0) is 55.5 Å². The van der Waals surface area contributed by atoms with Gasteiger partial charge in [0.05, 0.1) is 0 Å². The molecule has 0 aliphatic heterocycles. The first-order valence-corrected chi connectivity index (χ1v) is 10.2. The maximum Gasteiger partial charge on any atom is 0.247 e. The summed E-state index contributed by atoms with van der Waals surface area (Å²) in [6, 6.07) is 15.2. The fraction of sp³-hybridized carbons (Fsp3) is 0.417. The van der Waals surface area contributed by atoms with Crippen molar-refractivity contribution < 1.29 is 9.59 Å². The van der Waals surface area contributed by atoms with Crippen LogP contribution in [0.3, 0.4) is 0 Å². The van der Waals surface area contributed by atoms with Crippen LogP contribution < -0.4 is 10.6 Å². The highest BCUT2D eigenvalue weighted by Crippen LogP contribution is 2.24. The van der Waals surface area contributed by atoms with E-state index in [-0.39, 0.29) is 17.7 Å². The van der Waals surface area contributed by atoms with Crippen LogP contribution >= 0.6 is 0 Å². The molecule has 4 heteroatoms. The molecule has 2 N–H and O–H groups in total. The summed E-state index contributed by atoms with van der Waals surface area (Å²) in [5.41, 5.74) is 4.00. The average Bonchev–Trinajstić information content (AvgIpc) is 2.68. The lowest BCUT2D eigenvalue weighted by atomic mass is 9.88. The molecule has 148 valence electrons. The van der Waals surface area contributed by atoms with Crippen molar-refractivity contribution in [3.05, 3.63) is 65.2 Å². The fourth-order valence-corrected chi connectivity index (χ4v) is 3.99. The molecule has 28 heavy (non-hydrogen) atoms. The minimum atomic E-state index is -0.586. The van der Waals surface area contributed by atoms with Crippen molar-refractivity contribution in [3.63, 3.8) is 0 Å². The zero-order chi connectivity index (χ0) is 19.9. The van der Waals surface area contributed by atoms with Gasteiger partial charge in [0.1, 0.15) is 6.04 Å². The van der Waals surface area contributed by atoms with Crippen molar-refractivity contribution >= 4 is 17.5 Å². The Hall–Kier alpha value is -2.62. The first-order chi connectivity index (χ1) is 13.5. The van der Waals surface area contributed by atoms with E-state index in [9.17, 15) is 9.59 Å². The topological polar surface area (TPSA) is 58.2 Å². The minimum absolute atomic E-state index is 0.0104. The van der Waals surface area contributed by atoms with Crippen LogP contribution in [-0.4, -0.2) is 17.9 Å². The van der Waals surface area contributed by atoms with Crippen LogP contribution in [-0.2, 0) is 16.0 Å². The van der Waals surface area contributed by atoms with Crippen LogP contribution in [0.4, 0.5) is 5.69 Å². The Labute approximate surface area is 167 Å². The third kappa shape index (κ3) is 5.69. The summed E-state index contributed by atoms with van der Waals surface area (Å²) in [6.45, 7) is 4.02. The third-order valence-corrected chi connectivity index (χ3v) is 5.38. The van der Waals surface area contributed by atoms with Crippen molar-refractivity contribution in [1.29, 1.82) is 0 Å². The van der Waals surface area contributed by atoms with E-state index in [1.54, 1.807) is 0 Å². The minimum Gasteiger partial charge on any atom is -0.344 e. The molecule has 1 atom stereocenters. The molecular formula is C24H30N2O2. The molecule has 0 heterocycles. The van der Waals surface area contributed by atoms with Gasteiger partial charge < -0.3 is 10.6 Å². The van der Waals surface area contributed by atoms with Gasteiger partial charge in [-0.3, -0.25) is 9.59 Å². The van der Waals surface area contributed by atoms with Crippen LogP contribution in [0.5, 0.6) is 0 Å². The summed E-state index contributed by atoms with van der Waals surface area (Å²) in [6.07, 6.45) is 5.71. The number of nitrogens with one attached hydrogen (secondary N) is 2. The lowest BCUT2D eigenvalue weighted by molar-refractivity contribution is -0.130. The first kappa shape index (κ1) is 20.1. The second-order valence-electron chi connectivity index (χ2n) is 7.95. The summed E-state index contributed by atoms with van der Waals surface area (Å²) in [4.78, 5) is 25.8. The second-order valence-corrected chi connectivity index (χ2v) is 7.95. The molecular weight excluding hydrogens is 348 g/mol. The molecule has 2 amide bonds. The van der Waals surface area contributed by atoms with Gasteiger partial charge in [-0.25, -0.2) is 0 Å². The van der Waals surface area contributed by atoms with E-state index in [1.807, 2.05) is 56.3 Å². The van der Waals surface area contributed by atoms with Gasteiger partial charge in [0.25, 0.3) is 0 Å². The number of carbonyl (C=O) groups is 2. The standard InChI is InChI=1S/C24H30N2O2/c1-17-13-18(2)15-21(14-17)25-24(28)22(16-19-9-5-3-6-10-19)26-23(27)20-11-7-4-8-12-20/h3,5-6,9-10,13-15,20,22H,4,7-8,11-12,16H2,1-2H3,(H,25,28)(H,26,27). The Morgan fingerprint density at radius 2 is 1.61 bits per heavy atom. The highest BCUT2D eigenvalue weighted by atomic mass is 16.2. The molecule has 0 aromatic heterocycles. The van der Waals surface area contributed by atoms with E-state index in [4.69, 9.17) is 0 Å². The molecule has 2 aromatic carbocycles. The van der Waals surface area contributed by atoms with E-state index < -0.39 is 6.04 Å². The van der Waals surface area contributed by atoms with Gasteiger partial charge >= 0.3 is 0 Å². The second kappa shape index (κ2) is 9.54. The smallest absolute Gasteiger partial charge is 0.247 e. The first-order valence-electron chi connectivity index (χ1n) is 10.2. The average molecular weight is 379 g/mol. The summed E-state index contributed by atoms with van der Waals surface area (Å²) >= 11 is 0. The predicted octanol–water partition coefficient (Wildman–Crippen LogP) is 4.55. The monoisotopic (exact) mass is 378 g/mol. The number of hydrogen-bond acceptors (Lipinski definition) is 2. The summed E-state index contributed by atoms with van der Waals surface area (Å²) in [5.74, 6) is -0.129. The highest BCUT2D eigenvalue weighted by molar-refractivity contribution is 5.97. The molecule has 2 aromatic rings. The zero-order valence-electron chi connectivity index (χ0n) is 16.8. The lowest BCUT2D eigenvalue weighted by Gasteiger charge is -2.25. The van der Waals surface area contributed by atoms with Crippen molar-refractivity contribution in [3.8, 4) is 0 Å². The predicted molar refractivity (Wildman–Crippen MR) is 113 cm³/mol. The summed E-state index contributed by atoms with van der Waals surface area (Å²) < 4.78 is 0. The van der Waals surface area contributed by atoms with Crippen molar-refractivity contribution in [2.24, 2.45) is 5.92 Å². The van der Waals surface area contributed by atoms with Crippen LogP contribution in [0.15, 0.2) is 48.5 Å². The highest BCUT2D eigenvalue weighted by Gasteiger charge is 2.27. The number of anilines is 1. The van der Waals surface area contributed by atoms with Crippen molar-refractivity contribution in [1.82, 2.24) is 5.32 Å². The Morgan fingerprint density at radius 3 is 2.25 bits per heavy atom. The van der Waals surface area contributed by atoms with Gasteiger partial charge in [-0.1, -0.05) is 55.7 Å². The molecule has 0 saturated heterocycles. The molecule has 0 radical (unpaired) electrons. The van der Waals surface area contributed by atoms with E-state index in [0.29, 0.717) is 6.42 Å². The van der Waals surface area contributed by atoms with Gasteiger partial charge in [0, 0.05) is 18.0 Å². The molecule has 1 aliphatic carbocycles. The third-order valence-electron chi connectivity index (χ3n) is 5.38. The van der Waals surface area contributed by atoms with E-state index in [2.05, 4.69) is 16.7 Å². The van der Waals surface area contributed by atoms with E-state index in [1.165, 1.54) is 6.42 Å². The fourth-order valence-electron chi connectivity index (χ4n) is 3.99.